The quantitative estimate of drug-likeness (QED) is 0.608. The zero-order valence-corrected chi connectivity index (χ0v) is 12.6. The summed E-state index contributed by atoms with van der Waals surface area (Å²) in [6.07, 6.45) is 3.13. The Morgan fingerprint density at radius 1 is 1.26 bits per heavy atom. The molecule has 1 atom stereocenters. The number of hydrogen-bond donors (Lipinski definition) is 0. The summed E-state index contributed by atoms with van der Waals surface area (Å²) >= 11 is 5.97. The van der Waals surface area contributed by atoms with Crippen LogP contribution in [0, 0.1) is 0 Å². The van der Waals surface area contributed by atoms with Crippen LogP contribution in [-0.2, 0) is 6.42 Å². The van der Waals surface area contributed by atoms with Crippen molar-refractivity contribution in [2.75, 3.05) is 6.61 Å². The van der Waals surface area contributed by atoms with E-state index in [1.165, 1.54) is 5.56 Å². The van der Waals surface area contributed by atoms with Crippen molar-refractivity contribution in [3.8, 4) is 5.75 Å². The Labute approximate surface area is 120 Å². The molecule has 1 unspecified atom stereocenters. The summed E-state index contributed by atoms with van der Waals surface area (Å²) in [6.45, 7) is 6.68. The summed E-state index contributed by atoms with van der Waals surface area (Å²) in [5, 5.41) is -0.515. The van der Waals surface area contributed by atoms with Gasteiger partial charge in [0, 0.05) is 0 Å². The molecular formula is C16H21ClO2. The van der Waals surface area contributed by atoms with Gasteiger partial charge >= 0.3 is 0 Å². The highest BCUT2D eigenvalue weighted by Crippen LogP contribution is 2.33. The number of rotatable bonds is 3. The highest BCUT2D eigenvalue weighted by Gasteiger charge is 2.23. The van der Waals surface area contributed by atoms with E-state index >= 15 is 0 Å². The van der Waals surface area contributed by atoms with Gasteiger partial charge in [-0.1, -0.05) is 19.9 Å². The van der Waals surface area contributed by atoms with Gasteiger partial charge in [-0.05, 0) is 49.3 Å². The normalized spacial score (nSPS) is 16.5. The summed E-state index contributed by atoms with van der Waals surface area (Å²) in [4.78, 5) is 12.3. The number of carbonyl (C=O) groups excluding carboxylic acids is 1. The van der Waals surface area contributed by atoms with Crippen LogP contribution in [0.15, 0.2) is 12.1 Å². The topological polar surface area (TPSA) is 26.3 Å². The number of Topliss-reactive ketones (excluding diaryl/α,β-unsaturated/α-hetero) is 1. The third-order valence-corrected chi connectivity index (χ3v) is 3.77. The number of carbonyl (C=O) groups is 1. The summed E-state index contributed by atoms with van der Waals surface area (Å²) in [6, 6.07) is 4.14. The minimum atomic E-state index is -0.515. The van der Waals surface area contributed by atoms with Gasteiger partial charge in [-0.15, -0.1) is 11.6 Å². The molecule has 0 fully saturated rings. The Hall–Kier alpha value is -1.02. The average molecular weight is 281 g/mol. The summed E-state index contributed by atoms with van der Waals surface area (Å²) in [7, 11) is 0. The van der Waals surface area contributed by atoms with Gasteiger partial charge in [0.2, 0.25) is 0 Å². The molecule has 1 aromatic carbocycles. The standard InChI is InChI=1S/C16H21ClO2/c1-10(2)13-8-12-6-4-5-7-19-16(12)14(9-13)15(18)11(3)17/h8-11H,4-7H2,1-3H3. The van der Waals surface area contributed by atoms with Gasteiger partial charge in [0.1, 0.15) is 5.75 Å². The van der Waals surface area contributed by atoms with Gasteiger partial charge < -0.3 is 4.74 Å². The molecule has 2 rings (SSSR count). The monoisotopic (exact) mass is 280 g/mol. The summed E-state index contributed by atoms with van der Waals surface area (Å²) in [5.41, 5.74) is 3.00. The molecular weight excluding hydrogens is 260 g/mol. The first-order valence-corrected chi connectivity index (χ1v) is 7.42. The highest BCUT2D eigenvalue weighted by molar-refractivity contribution is 6.34. The second kappa shape index (κ2) is 5.96. The van der Waals surface area contributed by atoms with Crippen molar-refractivity contribution in [3.05, 3.63) is 28.8 Å². The fourth-order valence-corrected chi connectivity index (χ4v) is 2.51. The van der Waals surface area contributed by atoms with Gasteiger partial charge in [-0.2, -0.15) is 0 Å². The van der Waals surface area contributed by atoms with Crippen LogP contribution in [0.3, 0.4) is 0 Å². The number of ether oxygens (including phenoxy) is 1. The molecule has 0 N–H and O–H groups in total. The smallest absolute Gasteiger partial charge is 0.184 e. The Bertz CT molecular complexity index is 478. The first-order chi connectivity index (χ1) is 9.00. The first-order valence-electron chi connectivity index (χ1n) is 6.98. The van der Waals surface area contributed by atoms with Crippen molar-refractivity contribution < 1.29 is 9.53 Å². The molecule has 1 aliphatic rings. The Morgan fingerprint density at radius 3 is 2.63 bits per heavy atom. The van der Waals surface area contributed by atoms with Gasteiger partial charge in [-0.3, -0.25) is 4.79 Å². The van der Waals surface area contributed by atoms with E-state index in [0.29, 0.717) is 18.1 Å². The van der Waals surface area contributed by atoms with Crippen molar-refractivity contribution in [2.45, 2.75) is 51.3 Å². The van der Waals surface area contributed by atoms with Crippen LogP contribution in [0.4, 0.5) is 0 Å². The van der Waals surface area contributed by atoms with Crippen molar-refractivity contribution in [3.63, 3.8) is 0 Å². The molecule has 1 heterocycles. The highest BCUT2D eigenvalue weighted by atomic mass is 35.5. The van der Waals surface area contributed by atoms with Gasteiger partial charge in [-0.25, -0.2) is 0 Å². The van der Waals surface area contributed by atoms with E-state index < -0.39 is 5.38 Å². The maximum Gasteiger partial charge on any atom is 0.184 e. The lowest BCUT2D eigenvalue weighted by Crippen LogP contribution is -2.14. The number of halogens is 1. The van der Waals surface area contributed by atoms with E-state index in [1.807, 2.05) is 6.07 Å². The Morgan fingerprint density at radius 2 is 2.00 bits per heavy atom. The second-order valence-electron chi connectivity index (χ2n) is 5.50. The lowest BCUT2D eigenvalue weighted by Gasteiger charge is -2.17. The Balaban J connectivity index is 2.55. The molecule has 3 heteroatoms. The largest absolute Gasteiger partial charge is 0.493 e. The van der Waals surface area contributed by atoms with Crippen LogP contribution in [0.1, 0.15) is 61.0 Å². The van der Waals surface area contributed by atoms with E-state index in [-0.39, 0.29) is 5.78 Å². The molecule has 0 saturated heterocycles. The average Bonchev–Trinajstić information content (AvgIpc) is 2.61. The van der Waals surface area contributed by atoms with E-state index in [2.05, 4.69) is 19.9 Å². The zero-order chi connectivity index (χ0) is 14.0. The predicted molar refractivity (Wildman–Crippen MR) is 78.6 cm³/mol. The number of alkyl halides is 1. The van der Waals surface area contributed by atoms with E-state index in [9.17, 15) is 4.79 Å². The molecule has 0 saturated carbocycles. The third kappa shape index (κ3) is 3.11. The summed E-state index contributed by atoms with van der Waals surface area (Å²) < 4.78 is 5.81. The van der Waals surface area contributed by atoms with Crippen LogP contribution in [0.25, 0.3) is 0 Å². The molecule has 0 amide bonds. The minimum Gasteiger partial charge on any atom is -0.493 e. The number of benzene rings is 1. The lowest BCUT2D eigenvalue weighted by atomic mass is 9.93. The first kappa shape index (κ1) is 14.4. The molecule has 1 aromatic rings. The molecule has 0 aromatic heterocycles. The Kier molecular flexibility index (Phi) is 4.51. The van der Waals surface area contributed by atoms with E-state index in [1.54, 1.807) is 6.92 Å². The molecule has 1 aliphatic heterocycles. The molecule has 2 nitrogen and oxygen atoms in total. The number of fused-ring (bicyclic) bond motifs is 1. The van der Waals surface area contributed by atoms with Gasteiger partial charge in [0.05, 0.1) is 17.5 Å². The van der Waals surface area contributed by atoms with Crippen molar-refractivity contribution >= 4 is 17.4 Å². The van der Waals surface area contributed by atoms with E-state index in [4.69, 9.17) is 16.3 Å². The second-order valence-corrected chi connectivity index (χ2v) is 6.15. The van der Waals surface area contributed by atoms with E-state index in [0.717, 1.165) is 30.6 Å². The molecule has 0 bridgehead atoms. The SMILES string of the molecule is CC(Cl)C(=O)c1cc(C(C)C)cc2c1OCCCC2. The van der Waals surface area contributed by atoms with Crippen molar-refractivity contribution in [1.82, 2.24) is 0 Å². The molecule has 104 valence electrons. The maximum atomic E-state index is 12.3. The van der Waals surface area contributed by atoms with Crippen LogP contribution < -0.4 is 4.74 Å². The molecule has 19 heavy (non-hydrogen) atoms. The van der Waals surface area contributed by atoms with Crippen LogP contribution in [0.5, 0.6) is 5.75 Å². The van der Waals surface area contributed by atoms with Crippen LogP contribution >= 0.6 is 11.6 Å². The molecule has 0 spiro atoms. The van der Waals surface area contributed by atoms with Crippen molar-refractivity contribution in [1.29, 1.82) is 0 Å². The number of ketones is 1. The fraction of sp³-hybridized carbons (Fsp3) is 0.562. The number of aryl methyl sites for hydroxylation is 1. The predicted octanol–water partition coefficient (Wildman–Crippen LogP) is 4.34. The minimum absolute atomic E-state index is 0.0395. The molecule has 0 radical (unpaired) electrons. The third-order valence-electron chi connectivity index (χ3n) is 3.57. The lowest BCUT2D eigenvalue weighted by molar-refractivity contribution is 0.0987. The van der Waals surface area contributed by atoms with Crippen LogP contribution in [0.2, 0.25) is 0 Å². The maximum absolute atomic E-state index is 12.3. The van der Waals surface area contributed by atoms with Gasteiger partial charge in [0.15, 0.2) is 5.78 Å². The summed E-state index contributed by atoms with van der Waals surface area (Å²) in [5.74, 6) is 1.12. The molecule has 0 aliphatic carbocycles. The van der Waals surface area contributed by atoms with Crippen molar-refractivity contribution in [2.24, 2.45) is 0 Å². The van der Waals surface area contributed by atoms with Crippen LogP contribution in [-0.4, -0.2) is 17.8 Å². The fourth-order valence-electron chi connectivity index (χ4n) is 2.39. The number of hydrogen-bond acceptors (Lipinski definition) is 2. The zero-order valence-electron chi connectivity index (χ0n) is 11.8. The van der Waals surface area contributed by atoms with Gasteiger partial charge in [0.25, 0.3) is 0 Å².